The molecule has 0 radical (unpaired) electrons. The molecule has 0 unspecified atom stereocenters. The molecule has 0 bridgehead atoms. The largest absolute Gasteiger partial charge is 0.365 e. The van der Waals surface area contributed by atoms with Crippen LogP contribution in [0, 0.1) is 0 Å². The standard InChI is InChI=1S/C13H15N5O3/c1-8(19)15-21-7-11-10(9-5-6-9)3-2-4-12(11)18-13(20)14-16-17-18/h2-4,9H,5-7H2,1H3,(H,15,19)(H,14,17,20). The van der Waals surface area contributed by atoms with Crippen LogP contribution >= 0.6 is 0 Å². The fourth-order valence-electron chi connectivity index (χ4n) is 2.29. The minimum Gasteiger partial charge on any atom is -0.273 e. The predicted octanol–water partition coefficient (Wildman–Crippen LogP) is 0.401. The zero-order valence-corrected chi connectivity index (χ0v) is 11.5. The Labute approximate surface area is 120 Å². The number of aromatic amines is 1. The van der Waals surface area contributed by atoms with Crippen molar-refractivity contribution in [2.75, 3.05) is 0 Å². The third-order valence-electron chi connectivity index (χ3n) is 3.34. The molecule has 8 nitrogen and oxygen atoms in total. The summed E-state index contributed by atoms with van der Waals surface area (Å²) in [5, 5.41) is 9.54. The summed E-state index contributed by atoms with van der Waals surface area (Å²) in [6.45, 7) is 1.54. The molecule has 0 spiro atoms. The molecule has 8 heteroatoms. The SMILES string of the molecule is CC(=O)NOCc1c(C2CC2)cccc1-n1nn[nH]c1=O. The Bertz CT molecular complexity index is 717. The Morgan fingerprint density at radius 2 is 2.33 bits per heavy atom. The lowest BCUT2D eigenvalue weighted by molar-refractivity contribution is -0.132. The summed E-state index contributed by atoms with van der Waals surface area (Å²) in [6, 6.07) is 5.67. The van der Waals surface area contributed by atoms with Gasteiger partial charge in [-0.25, -0.2) is 15.4 Å². The average molecular weight is 289 g/mol. The lowest BCUT2D eigenvalue weighted by atomic mass is 10.0. The number of nitrogens with zero attached hydrogens (tertiary/aromatic N) is 3. The summed E-state index contributed by atoms with van der Waals surface area (Å²) >= 11 is 0. The summed E-state index contributed by atoms with van der Waals surface area (Å²) in [4.78, 5) is 27.8. The quantitative estimate of drug-likeness (QED) is 0.776. The maximum absolute atomic E-state index is 11.7. The number of carbonyl (C=O) groups excluding carboxylic acids is 1. The minimum atomic E-state index is -0.413. The molecule has 0 atom stereocenters. The Balaban J connectivity index is 1.98. The molecule has 0 aliphatic heterocycles. The number of nitrogens with one attached hydrogen (secondary N) is 2. The van der Waals surface area contributed by atoms with Gasteiger partial charge in [-0.1, -0.05) is 12.1 Å². The smallest absolute Gasteiger partial charge is 0.273 e. The lowest BCUT2D eigenvalue weighted by Crippen LogP contribution is -2.22. The van der Waals surface area contributed by atoms with Crippen molar-refractivity contribution in [3.8, 4) is 5.69 Å². The van der Waals surface area contributed by atoms with Crippen LogP contribution in [0.5, 0.6) is 0 Å². The van der Waals surface area contributed by atoms with E-state index in [9.17, 15) is 9.59 Å². The molecule has 1 heterocycles. The summed E-state index contributed by atoms with van der Waals surface area (Å²) < 4.78 is 1.19. The van der Waals surface area contributed by atoms with E-state index in [4.69, 9.17) is 4.84 Å². The molecular weight excluding hydrogens is 274 g/mol. The number of rotatable bonds is 5. The first kappa shape index (κ1) is 13.5. The number of aromatic nitrogens is 4. The second kappa shape index (κ2) is 5.49. The highest BCUT2D eigenvalue weighted by atomic mass is 16.6. The first-order chi connectivity index (χ1) is 10.2. The summed E-state index contributed by atoms with van der Waals surface area (Å²) in [6.07, 6.45) is 2.23. The van der Waals surface area contributed by atoms with E-state index in [1.54, 1.807) is 6.07 Å². The van der Waals surface area contributed by atoms with Crippen molar-refractivity contribution in [3.05, 3.63) is 39.8 Å². The zero-order chi connectivity index (χ0) is 14.8. The second-order valence-corrected chi connectivity index (χ2v) is 4.98. The lowest BCUT2D eigenvalue weighted by Gasteiger charge is -2.13. The highest BCUT2D eigenvalue weighted by Crippen LogP contribution is 2.42. The van der Waals surface area contributed by atoms with Crippen LogP contribution in [-0.2, 0) is 16.2 Å². The Morgan fingerprint density at radius 3 is 2.95 bits per heavy atom. The molecule has 2 N–H and O–H groups in total. The molecule has 2 aromatic rings. The van der Waals surface area contributed by atoms with Crippen molar-refractivity contribution in [3.63, 3.8) is 0 Å². The van der Waals surface area contributed by atoms with E-state index in [1.165, 1.54) is 11.6 Å². The van der Waals surface area contributed by atoms with Crippen LogP contribution in [0.25, 0.3) is 5.69 Å². The molecule has 110 valence electrons. The van der Waals surface area contributed by atoms with Crippen LogP contribution in [0.1, 0.15) is 36.8 Å². The van der Waals surface area contributed by atoms with E-state index in [1.807, 2.05) is 12.1 Å². The molecule has 1 aliphatic rings. The maximum Gasteiger partial charge on any atom is 0.365 e. The van der Waals surface area contributed by atoms with Crippen LogP contribution in [0.15, 0.2) is 23.0 Å². The number of carbonyl (C=O) groups is 1. The highest BCUT2D eigenvalue weighted by Gasteiger charge is 2.28. The summed E-state index contributed by atoms with van der Waals surface area (Å²) in [5.41, 5.74) is 4.45. The molecule has 1 aromatic heterocycles. The van der Waals surface area contributed by atoms with Gasteiger partial charge in [0.25, 0.3) is 0 Å². The third kappa shape index (κ3) is 2.84. The fourth-order valence-corrected chi connectivity index (χ4v) is 2.29. The summed E-state index contributed by atoms with van der Waals surface area (Å²) in [5.74, 6) is 0.197. The second-order valence-electron chi connectivity index (χ2n) is 4.98. The van der Waals surface area contributed by atoms with Gasteiger partial charge in [0.15, 0.2) is 0 Å². The van der Waals surface area contributed by atoms with Gasteiger partial charge in [0, 0.05) is 12.5 Å². The van der Waals surface area contributed by atoms with Crippen LogP contribution in [0.3, 0.4) is 0 Å². The van der Waals surface area contributed by atoms with E-state index >= 15 is 0 Å². The van der Waals surface area contributed by atoms with Gasteiger partial charge in [-0.2, -0.15) is 4.68 Å². The number of amides is 1. The average Bonchev–Trinajstić information content (AvgIpc) is 3.21. The zero-order valence-electron chi connectivity index (χ0n) is 11.5. The third-order valence-corrected chi connectivity index (χ3v) is 3.34. The monoisotopic (exact) mass is 289 g/mol. The van der Waals surface area contributed by atoms with Gasteiger partial charge in [-0.3, -0.25) is 9.63 Å². The molecule has 1 aromatic carbocycles. The van der Waals surface area contributed by atoms with Gasteiger partial charge in [0.2, 0.25) is 5.91 Å². The molecule has 0 saturated heterocycles. The first-order valence-electron chi connectivity index (χ1n) is 6.67. The summed E-state index contributed by atoms with van der Waals surface area (Å²) in [7, 11) is 0. The van der Waals surface area contributed by atoms with Crippen molar-refractivity contribution in [2.45, 2.75) is 32.3 Å². The number of hydroxylamine groups is 1. The Morgan fingerprint density at radius 1 is 1.52 bits per heavy atom. The predicted molar refractivity (Wildman–Crippen MR) is 72.6 cm³/mol. The number of H-pyrrole nitrogens is 1. The van der Waals surface area contributed by atoms with E-state index in [2.05, 4.69) is 21.0 Å². The first-order valence-corrected chi connectivity index (χ1v) is 6.67. The van der Waals surface area contributed by atoms with E-state index in [0.29, 0.717) is 11.6 Å². The van der Waals surface area contributed by atoms with Crippen molar-refractivity contribution in [2.24, 2.45) is 0 Å². The number of hydrogen-bond donors (Lipinski definition) is 2. The molecule has 1 saturated carbocycles. The van der Waals surface area contributed by atoms with Gasteiger partial charge in [0.05, 0.1) is 5.69 Å². The van der Waals surface area contributed by atoms with Crippen LogP contribution in [-0.4, -0.2) is 26.1 Å². The van der Waals surface area contributed by atoms with Crippen LogP contribution in [0.4, 0.5) is 0 Å². The Hall–Kier alpha value is -2.48. The number of benzene rings is 1. The number of tetrazole rings is 1. The normalized spacial score (nSPS) is 14.1. The molecular formula is C13H15N5O3. The highest BCUT2D eigenvalue weighted by molar-refractivity contribution is 5.71. The minimum absolute atomic E-state index is 0.168. The fraction of sp³-hybridized carbons (Fsp3) is 0.385. The van der Waals surface area contributed by atoms with Gasteiger partial charge >= 0.3 is 5.69 Å². The van der Waals surface area contributed by atoms with Gasteiger partial charge in [0.1, 0.15) is 6.61 Å². The van der Waals surface area contributed by atoms with Crippen molar-refractivity contribution < 1.29 is 9.63 Å². The van der Waals surface area contributed by atoms with E-state index in [0.717, 1.165) is 24.0 Å². The molecule has 21 heavy (non-hydrogen) atoms. The van der Waals surface area contributed by atoms with E-state index in [-0.39, 0.29) is 12.5 Å². The van der Waals surface area contributed by atoms with Gasteiger partial charge < -0.3 is 0 Å². The van der Waals surface area contributed by atoms with Crippen molar-refractivity contribution in [1.29, 1.82) is 0 Å². The Kier molecular flexibility index (Phi) is 3.53. The molecule has 1 amide bonds. The van der Waals surface area contributed by atoms with Crippen LogP contribution in [0.2, 0.25) is 0 Å². The topological polar surface area (TPSA) is 102 Å². The molecule has 1 aliphatic carbocycles. The van der Waals surface area contributed by atoms with Crippen molar-refractivity contribution in [1.82, 2.24) is 25.7 Å². The van der Waals surface area contributed by atoms with Gasteiger partial charge in [-0.05, 0) is 40.8 Å². The molecule has 3 rings (SSSR count). The van der Waals surface area contributed by atoms with E-state index < -0.39 is 5.69 Å². The van der Waals surface area contributed by atoms with Crippen LogP contribution < -0.4 is 11.2 Å². The number of hydrogen-bond acceptors (Lipinski definition) is 5. The molecule has 1 fully saturated rings. The van der Waals surface area contributed by atoms with Gasteiger partial charge in [-0.15, -0.1) is 0 Å². The maximum atomic E-state index is 11.7. The van der Waals surface area contributed by atoms with Crippen molar-refractivity contribution >= 4 is 5.91 Å².